The Morgan fingerprint density at radius 3 is 2.65 bits per heavy atom. The topological polar surface area (TPSA) is 37.4 Å². The number of hydrogen-bond acceptors (Lipinski definition) is 4. The number of ether oxygens (including phenoxy) is 1. The molecule has 0 atom stereocenters. The van der Waals surface area contributed by atoms with Gasteiger partial charge in [0, 0.05) is 44.7 Å². The number of nitrogens with zero attached hydrogens (tertiary/aromatic N) is 2. The van der Waals surface area contributed by atoms with Crippen molar-refractivity contribution in [2.45, 2.75) is 46.2 Å². The van der Waals surface area contributed by atoms with Crippen molar-refractivity contribution in [3.8, 4) is 0 Å². The summed E-state index contributed by atoms with van der Waals surface area (Å²) in [6.45, 7) is 10.1. The quantitative estimate of drug-likeness (QED) is 0.714. The van der Waals surface area contributed by atoms with Crippen LogP contribution in [0.25, 0.3) is 0 Å². The maximum Gasteiger partial charge on any atom is 0.0589 e. The van der Waals surface area contributed by atoms with Gasteiger partial charge in [-0.15, -0.1) is 0 Å². The first-order valence-electron chi connectivity index (χ1n) is 7.66. The molecule has 0 aliphatic carbocycles. The Morgan fingerprint density at radius 2 is 2.05 bits per heavy atom. The minimum absolute atomic E-state index is 0.592. The van der Waals surface area contributed by atoms with Crippen LogP contribution in [0, 0.1) is 0 Å². The Hall–Kier alpha value is -1.13. The summed E-state index contributed by atoms with van der Waals surface area (Å²) in [5, 5.41) is 3.34. The van der Waals surface area contributed by atoms with E-state index in [-0.39, 0.29) is 0 Å². The van der Waals surface area contributed by atoms with E-state index in [0.717, 1.165) is 50.5 Å². The van der Waals surface area contributed by atoms with Gasteiger partial charge >= 0.3 is 0 Å². The normalized spacial score (nSPS) is 11.3. The van der Waals surface area contributed by atoms with Gasteiger partial charge in [0.25, 0.3) is 0 Å². The number of aromatic nitrogens is 1. The molecule has 0 fully saturated rings. The summed E-state index contributed by atoms with van der Waals surface area (Å²) >= 11 is 0. The van der Waals surface area contributed by atoms with Crippen LogP contribution in [0.3, 0.4) is 0 Å². The molecule has 0 spiro atoms. The molecular formula is C16H29N3O. The Labute approximate surface area is 123 Å². The van der Waals surface area contributed by atoms with Gasteiger partial charge in [0.2, 0.25) is 0 Å². The summed E-state index contributed by atoms with van der Waals surface area (Å²) in [5.74, 6) is 0. The molecule has 4 nitrogen and oxygen atoms in total. The second-order valence-corrected chi connectivity index (χ2v) is 5.00. The van der Waals surface area contributed by atoms with Crippen molar-refractivity contribution in [2.24, 2.45) is 0 Å². The first kappa shape index (κ1) is 16.9. The molecule has 0 bridgehead atoms. The van der Waals surface area contributed by atoms with Crippen LogP contribution in [0.5, 0.6) is 0 Å². The molecule has 0 radical (unpaired) electrons. The lowest BCUT2D eigenvalue weighted by molar-refractivity contribution is 0.109. The van der Waals surface area contributed by atoms with Gasteiger partial charge in [-0.3, -0.25) is 9.88 Å². The summed E-state index contributed by atoms with van der Waals surface area (Å²) < 4.78 is 5.24. The lowest BCUT2D eigenvalue weighted by Gasteiger charge is -2.30. The van der Waals surface area contributed by atoms with E-state index in [1.807, 2.05) is 12.3 Å². The SMILES string of the molecule is CCNc1ccnc(CN(CCOC)C(CC)CC)c1. The van der Waals surface area contributed by atoms with Crippen molar-refractivity contribution in [2.75, 3.05) is 32.1 Å². The van der Waals surface area contributed by atoms with Crippen LogP contribution in [-0.4, -0.2) is 42.7 Å². The molecule has 4 heteroatoms. The lowest BCUT2D eigenvalue weighted by Crippen LogP contribution is -2.36. The number of nitrogens with one attached hydrogen (secondary N) is 1. The van der Waals surface area contributed by atoms with Gasteiger partial charge in [-0.2, -0.15) is 0 Å². The molecule has 1 aromatic rings. The number of hydrogen-bond donors (Lipinski definition) is 1. The molecule has 0 saturated heterocycles. The highest BCUT2D eigenvalue weighted by Crippen LogP contribution is 2.14. The molecule has 1 aromatic heterocycles. The Bertz CT molecular complexity index is 366. The lowest BCUT2D eigenvalue weighted by atomic mass is 10.1. The van der Waals surface area contributed by atoms with E-state index in [2.05, 4.69) is 42.0 Å². The minimum Gasteiger partial charge on any atom is -0.385 e. The zero-order valence-electron chi connectivity index (χ0n) is 13.4. The van der Waals surface area contributed by atoms with Gasteiger partial charge in [0.05, 0.1) is 12.3 Å². The fourth-order valence-corrected chi connectivity index (χ4v) is 2.49. The summed E-state index contributed by atoms with van der Waals surface area (Å²) in [7, 11) is 1.76. The van der Waals surface area contributed by atoms with E-state index in [1.165, 1.54) is 0 Å². The van der Waals surface area contributed by atoms with Gasteiger partial charge in [-0.05, 0) is 31.9 Å². The Kier molecular flexibility index (Phi) is 8.23. The highest BCUT2D eigenvalue weighted by atomic mass is 16.5. The smallest absolute Gasteiger partial charge is 0.0589 e. The molecule has 0 unspecified atom stereocenters. The number of pyridine rings is 1. The van der Waals surface area contributed by atoms with E-state index < -0.39 is 0 Å². The third-order valence-electron chi connectivity index (χ3n) is 3.60. The predicted octanol–water partition coefficient (Wildman–Crippen LogP) is 3.15. The average molecular weight is 279 g/mol. The molecule has 0 amide bonds. The average Bonchev–Trinajstić information content (AvgIpc) is 2.46. The van der Waals surface area contributed by atoms with Crippen molar-refractivity contribution in [1.82, 2.24) is 9.88 Å². The summed E-state index contributed by atoms with van der Waals surface area (Å²) in [6.07, 6.45) is 4.20. The fraction of sp³-hybridized carbons (Fsp3) is 0.688. The molecule has 0 aliphatic heterocycles. The Balaban J connectivity index is 2.74. The third kappa shape index (κ3) is 5.47. The molecule has 0 saturated carbocycles. The highest BCUT2D eigenvalue weighted by molar-refractivity contribution is 5.42. The van der Waals surface area contributed by atoms with Crippen molar-refractivity contribution in [3.63, 3.8) is 0 Å². The van der Waals surface area contributed by atoms with Crippen molar-refractivity contribution < 1.29 is 4.74 Å². The number of rotatable bonds is 10. The molecule has 20 heavy (non-hydrogen) atoms. The van der Waals surface area contributed by atoms with Crippen LogP contribution < -0.4 is 5.32 Å². The van der Waals surface area contributed by atoms with Crippen molar-refractivity contribution in [1.29, 1.82) is 0 Å². The van der Waals surface area contributed by atoms with Crippen molar-refractivity contribution in [3.05, 3.63) is 24.0 Å². The molecule has 0 aromatic carbocycles. The van der Waals surface area contributed by atoms with Crippen LogP contribution >= 0.6 is 0 Å². The largest absolute Gasteiger partial charge is 0.385 e. The van der Waals surface area contributed by atoms with E-state index in [4.69, 9.17) is 4.74 Å². The maximum atomic E-state index is 5.24. The molecule has 1 rings (SSSR count). The monoisotopic (exact) mass is 279 g/mol. The first-order valence-corrected chi connectivity index (χ1v) is 7.66. The summed E-state index contributed by atoms with van der Waals surface area (Å²) in [5.41, 5.74) is 2.26. The number of methoxy groups -OCH3 is 1. The second-order valence-electron chi connectivity index (χ2n) is 5.00. The van der Waals surface area contributed by atoms with Crippen LogP contribution in [0.15, 0.2) is 18.3 Å². The van der Waals surface area contributed by atoms with E-state index in [1.54, 1.807) is 7.11 Å². The second kappa shape index (κ2) is 9.72. The highest BCUT2D eigenvalue weighted by Gasteiger charge is 2.15. The van der Waals surface area contributed by atoms with Crippen LogP contribution in [0.2, 0.25) is 0 Å². The van der Waals surface area contributed by atoms with E-state index >= 15 is 0 Å². The molecule has 0 aliphatic rings. The molecule has 1 N–H and O–H groups in total. The van der Waals surface area contributed by atoms with Crippen LogP contribution in [0.1, 0.15) is 39.3 Å². The van der Waals surface area contributed by atoms with Gasteiger partial charge in [-0.1, -0.05) is 13.8 Å². The Morgan fingerprint density at radius 1 is 1.30 bits per heavy atom. The maximum absolute atomic E-state index is 5.24. The summed E-state index contributed by atoms with van der Waals surface area (Å²) in [6, 6.07) is 4.75. The fourth-order valence-electron chi connectivity index (χ4n) is 2.49. The molecule has 114 valence electrons. The van der Waals surface area contributed by atoms with Crippen molar-refractivity contribution >= 4 is 5.69 Å². The van der Waals surface area contributed by atoms with Gasteiger partial charge < -0.3 is 10.1 Å². The van der Waals surface area contributed by atoms with Gasteiger partial charge in [0.15, 0.2) is 0 Å². The molecule has 1 heterocycles. The standard InChI is InChI=1S/C16H29N3O/c1-5-16(6-2)19(10-11-20-4)13-15-12-14(17-7-3)8-9-18-15/h8-9,12,16H,5-7,10-11,13H2,1-4H3,(H,17,18). The van der Waals surface area contributed by atoms with Crippen LogP contribution in [-0.2, 0) is 11.3 Å². The predicted molar refractivity (Wildman–Crippen MR) is 85.1 cm³/mol. The summed E-state index contributed by atoms with van der Waals surface area (Å²) in [4.78, 5) is 6.97. The van der Waals surface area contributed by atoms with Gasteiger partial charge in [0.1, 0.15) is 0 Å². The number of anilines is 1. The molecular weight excluding hydrogens is 250 g/mol. The zero-order valence-corrected chi connectivity index (χ0v) is 13.4. The minimum atomic E-state index is 0.592. The zero-order chi connectivity index (χ0) is 14.8. The van der Waals surface area contributed by atoms with Gasteiger partial charge in [-0.25, -0.2) is 0 Å². The van der Waals surface area contributed by atoms with E-state index in [0.29, 0.717) is 6.04 Å². The first-order chi connectivity index (χ1) is 9.74. The van der Waals surface area contributed by atoms with Crippen LogP contribution in [0.4, 0.5) is 5.69 Å². The third-order valence-corrected chi connectivity index (χ3v) is 3.60. The van der Waals surface area contributed by atoms with E-state index in [9.17, 15) is 0 Å².